The zero-order valence-corrected chi connectivity index (χ0v) is 14.9. The van der Waals surface area contributed by atoms with E-state index in [0.29, 0.717) is 38.4 Å². The van der Waals surface area contributed by atoms with Crippen LogP contribution >= 0.6 is 0 Å². The molecule has 7 nitrogen and oxygen atoms in total. The van der Waals surface area contributed by atoms with Gasteiger partial charge in [0.2, 0.25) is 5.91 Å². The number of hydrogen-bond acceptors (Lipinski definition) is 4. The molecule has 0 saturated carbocycles. The fraction of sp³-hybridized carbons (Fsp3) is 0.579. The Morgan fingerprint density at radius 3 is 2.77 bits per heavy atom. The Labute approximate surface area is 153 Å². The summed E-state index contributed by atoms with van der Waals surface area (Å²) in [4.78, 5) is 26.9. The average molecular weight is 358 g/mol. The second kappa shape index (κ2) is 7.15. The summed E-state index contributed by atoms with van der Waals surface area (Å²) in [7, 11) is 0. The first-order chi connectivity index (χ1) is 12.7. The van der Waals surface area contributed by atoms with Crippen LogP contribution in [0, 0.1) is 5.92 Å². The van der Waals surface area contributed by atoms with Crippen LogP contribution in [0.4, 0.5) is 16.2 Å². The molecule has 1 spiro atoms. The predicted octanol–water partition coefficient (Wildman–Crippen LogP) is 2.02. The molecule has 140 valence electrons. The Hall–Kier alpha value is -2.28. The summed E-state index contributed by atoms with van der Waals surface area (Å²) in [5, 5.41) is 9.44. The van der Waals surface area contributed by atoms with Crippen molar-refractivity contribution in [2.75, 3.05) is 43.5 Å². The Kier molecular flexibility index (Phi) is 4.72. The summed E-state index contributed by atoms with van der Waals surface area (Å²) in [6.07, 6.45) is 3.38. The first-order valence-electron chi connectivity index (χ1n) is 9.45. The van der Waals surface area contributed by atoms with Crippen LogP contribution in [0.5, 0.6) is 0 Å². The van der Waals surface area contributed by atoms with E-state index in [4.69, 9.17) is 4.74 Å². The highest BCUT2D eigenvalue weighted by Crippen LogP contribution is 2.36. The molecule has 0 aromatic heterocycles. The zero-order valence-electron chi connectivity index (χ0n) is 14.9. The first kappa shape index (κ1) is 17.1. The predicted molar refractivity (Wildman–Crippen MR) is 99.2 cm³/mol. The SMILES string of the molecule is O=C(NC[C@@H]1CCCOC1)N1CCC2(CC1)Nc1ccccc1NC2=O. The lowest BCUT2D eigenvalue weighted by molar-refractivity contribution is -0.121. The number of hydrogen-bond donors (Lipinski definition) is 3. The number of benzene rings is 1. The molecular formula is C19H26N4O3. The van der Waals surface area contributed by atoms with Crippen LogP contribution in [-0.2, 0) is 9.53 Å². The molecule has 3 N–H and O–H groups in total. The van der Waals surface area contributed by atoms with Crippen molar-refractivity contribution in [3.63, 3.8) is 0 Å². The summed E-state index contributed by atoms with van der Waals surface area (Å²) < 4.78 is 5.46. The standard InChI is InChI=1S/C19H26N4O3/c24-17-19(22-16-6-2-1-5-15(16)21-17)7-9-23(10-8-19)18(25)20-12-14-4-3-11-26-13-14/h1-2,5-6,14,22H,3-4,7-13H2,(H,20,25)(H,21,24)/t14-/m0/s1. The number of nitrogens with one attached hydrogen (secondary N) is 3. The Morgan fingerprint density at radius 2 is 2.04 bits per heavy atom. The maximum Gasteiger partial charge on any atom is 0.317 e. The maximum atomic E-state index is 12.6. The highest BCUT2D eigenvalue weighted by atomic mass is 16.5. The molecule has 2 saturated heterocycles. The van der Waals surface area contributed by atoms with Crippen molar-refractivity contribution in [3.05, 3.63) is 24.3 Å². The van der Waals surface area contributed by atoms with Gasteiger partial charge in [0.05, 0.1) is 18.0 Å². The van der Waals surface area contributed by atoms with E-state index in [1.807, 2.05) is 29.2 Å². The van der Waals surface area contributed by atoms with E-state index < -0.39 is 5.54 Å². The highest BCUT2D eigenvalue weighted by molar-refractivity contribution is 6.06. The van der Waals surface area contributed by atoms with Crippen LogP contribution in [-0.4, -0.2) is 55.2 Å². The summed E-state index contributed by atoms with van der Waals surface area (Å²) >= 11 is 0. The molecule has 1 aromatic rings. The number of ether oxygens (including phenoxy) is 1. The van der Waals surface area contributed by atoms with Crippen LogP contribution in [0.2, 0.25) is 0 Å². The van der Waals surface area contributed by atoms with Gasteiger partial charge in [-0.15, -0.1) is 0 Å². The molecular weight excluding hydrogens is 332 g/mol. The van der Waals surface area contributed by atoms with Crippen LogP contribution in [0.25, 0.3) is 0 Å². The van der Waals surface area contributed by atoms with E-state index in [0.717, 1.165) is 37.4 Å². The number of fused-ring (bicyclic) bond motifs is 1. The molecule has 0 aliphatic carbocycles. The molecule has 3 heterocycles. The number of para-hydroxylation sites is 2. The Morgan fingerprint density at radius 1 is 1.27 bits per heavy atom. The number of anilines is 2. The van der Waals surface area contributed by atoms with Crippen molar-refractivity contribution in [1.82, 2.24) is 10.2 Å². The van der Waals surface area contributed by atoms with Gasteiger partial charge in [-0.05, 0) is 43.7 Å². The molecule has 0 bridgehead atoms. The van der Waals surface area contributed by atoms with Crippen LogP contribution < -0.4 is 16.0 Å². The number of carbonyl (C=O) groups is 2. The average Bonchev–Trinajstić information content (AvgIpc) is 2.68. The number of rotatable bonds is 2. The Balaban J connectivity index is 1.32. The minimum atomic E-state index is -0.623. The number of likely N-dealkylation sites (tertiary alicyclic amines) is 1. The third-order valence-corrected chi connectivity index (χ3v) is 5.68. The lowest BCUT2D eigenvalue weighted by atomic mass is 9.84. The normalized spacial score (nSPS) is 24.4. The molecule has 4 rings (SSSR count). The summed E-state index contributed by atoms with van der Waals surface area (Å²) in [5.41, 5.74) is 1.14. The van der Waals surface area contributed by atoms with Crippen molar-refractivity contribution < 1.29 is 14.3 Å². The lowest BCUT2D eigenvalue weighted by Crippen LogP contribution is -2.60. The van der Waals surface area contributed by atoms with Crippen molar-refractivity contribution in [1.29, 1.82) is 0 Å². The monoisotopic (exact) mass is 358 g/mol. The van der Waals surface area contributed by atoms with Crippen LogP contribution in [0.15, 0.2) is 24.3 Å². The zero-order chi connectivity index (χ0) is 18.0. The van der Waals surface area contributed by atoms with Gasteiger partial charge in [0.25, 0.3) is 0 Å². The minimum Gasteiger partial charge on any atom is -0.381 e. The van der Waals surface area contributed by atoms with E-state index in [-0.39, 0.29) is 11.9 Å². The molecule has 3 aliphatic heterocycles. The first-order valence-corrected chi connectivity index (χ1v) is 9.45. The quantitative estimate of drug-likeness (QED) is 0.755. The van der Waals surface area contributed by atoms with E-state index in [1.165, 1.54) is 0 Å². The molecule has 3 aliphatic rings. The smallest absolute Gasteiger partial charge is 0.317 e. The number of nitrogens with zero attached hydrogens (tertiary/aromatic N) is 1. The topological polar surface area (TPSA) is 82.7 Å². The number of amides is 3. The largest absolute Gasteiger partial charge is 0.381 e. The van der Waals surface area contributed by atoms with Gasteiger partial charge in [-0.25, -0.2) is 4.79 Å². The fourth-order valence-electron chi connectivity index (χ4n) is 4.01. The van der Waals surface area contributed by atoms with Crippen molar-refractivity contribution in [3.8, 4) is 0 Å². The van der Waals surface area contributed by atoms with Gasteiger partial charge in [-0.2, -0.15) is 0 Å². The van der Waals surface area contributed by atoms with Crippen LogP contribution in [0.1, 0.15) is 25.7 Å². The van der Waals surface area contributed by atoms with Gasteiger partial charge < -0.3 is 25.6 Å². The van der Waals surface area contributed by atoms with Crippen molar-refractivity contribution >= 4 is 23.3 Å². The van der Waals surface area contributed by atoms with Gasteiger partial charge in [-0.1, -0.05) is 12.1 Å². The highest BCUT2D eigenvalue weighted by Gasteiger charge is 2.45. The second-order valence-electron chi connectivity index (χ2n) is 7.46. The molecule has 3 amide bonds. The lowest BCUT2D eigenvalue weighted by Gasteiger charge is -2.44. The van der Waals surface area contributed by atoms with Gasteiger partial charge in [-0.3, -0.25) is 4.79 Å². The van der Waals surface area contributed by atoms with Crippen molar-refractivity contribution in [2.24, 2.45) is 5.92 Å². The van der Waals surface area contributed by atoms with Gasteiger partial charge >= 0.3 is 6.03 Å². The molecule has 0 radical (unpaired) electrons. The summed E-state index contributed by atoms with van der Waals surface area (Å²) in [6.45, 7) is 3.35. The molecule has 7 heteroatoms. The Bertz CT molecular complexity index is 679. The minimum absolute atomic E-state index is 0.00406. The third-order valence-electron chi connectivity index (χ3n) is 5.68. The van der Waals surface area contributed by atoms with Gasteiger partial charge in [0.1, 0.15) is 5.54 Å². The second-order valence-corrected chi connectivity index (χ2v) is 7.46. The van der Waals surface area contributed by atoms with E-state index in [1.54, 1.807) is 0 Å². The number of piperidine rings is 1. The number of carbonyl (C=O) groups excluding carboxylic acids is 2. The molecule has 1 atom stereocenters. The van der Waals surface area contributed by atoms with E-state index >= 15 is 0 Å². The van der Waals surface area contributed by atoms with E-state index in [2.05, 4.69) is 16.0 Å². The molecule has 26 heavy (non-hydrogen) atoms. The molecule has 2 fully saturated rings. The third kappa shape index (κ3) is 3.35. The van der Waals surface area contributed by atoms with Crippen molar-refractivity contribution in [2.45, 2.75) is 31.2 Å². The van der Waals surface area contributed by atoms with E-state index in [9.17, 15) is 9.59 Å². The van der Waals surface area contributed by atoms with Gasteiger partial charge in [0.15, 0.2) is 0 Å². The summed E-state index contributed by atoms with van der Waals surface area (Å²) in [5.74, 6) is 0.404. The van der Waals surface area contributed by atoms with Gasteiger partial charge in [0, 0.05) is 26.2 Å². The molecule has 0 unspecified atom stereocenters. The van der Waals surface area contributed by atoms with Crippen LogP contribution in [0.3, 0.4) is 0 Å². The summed E-state index contributed by atoms with van der Waals surface area (Å²) in [6, 6.07) is 7.69. The molecule has 1 aromatic carbocycles. The fourth-order valence-corrected chi connectivity index (χ4v) is 4.01. The number of urea groups is 1. The maximum absolute atomic E-state index is 12.6.